The Bertz CT molecular complexity index is 634. The molecular formula is C22H42N6O7. The Labute approximate surface area is 207 Å². The Morgan fingerprint density at radius 1 is 0.600 bits per heavy atom. The van der Waals surface area contributed by atoms with Gasteiger partial charge in [-0.25, -0.2) is 0 Å². The van der Waals surface area contributed by atoms with Crippen LogP contribution in [0.4, 0.5) is 0 Å². The zero-order valence-electron chi connectivity index (χ0n) is 20.8. The van der Waals surface area contributed by atoms with Crippen molar-refractivity contribution in [2.45, 2.75) is 19.8 Å². The number of carboxylic acids is 3. The highest BCUT2D eigenvalue weighted by Gasteiger charge is 2.21. The van der Waals surface area contributed by atoms with Crippen molar-refractivity contribution in [1.29, 1.82) is 0 Å². The third kappa shape index (κ3) is 16.1. The summed E-state index contributed by atoms with van der Waals surface area (Å²) in [5.41, 5.74) is 0. The zero-order valence-corrected chi connectivity index (χ0v) is 20.8. The van der Waals surface area contributed by atoms with Gasteiger partial charge in [-0.1, -0.05) is 6.92 Å². The molecule has 0 unspecified atom stereocenters. The van der Waals surface area contributed by atoms with Crippen molar-refractivity contribution >= 4 is 23.8 Å². The van der Waals surface area contributed by atoms with Crippen LogP contribution < -0.4 is 10.6 Å². The van der Waals surface area contributed by atoms with Crippen molar-refractivity contribution in [2.75, 3.05) is 98.2 Å². The Hall–Kier alpha value is -2.32. The van der Waals surface area contributed by atoms with Gasteiger partial charge in [-0.2, -0.15) is 0 Å². The summed E-state index contributed by atoms with van der Waals surface area (Å²) in [5, 5.41) is 33.9. The molecule has 202 valence electrons. The molecule has 0 atom stereocenters. The molecule has 1 rings (SSSR count). The van der Waals surface area contributed by atoms with Crippen molar-refractivity contribution in [3.8, 4) is 0 Å². The lowest BCUT2D eigenvalue weighted by atomic mass is 10.3. The topological polar surface area (TPSA) is 166 Å². The van der Waals surface area contributed by atoms with Crippen LogP contribution >= 0.6 is 0 Å². The number of carboxylic acid groups (broad SMARTS) is 3. The molecule has 1 heterocycles. The van der Waals surface area contributed by atoms with E-state index >= 15 is 0 Å². The monoisotopic (exact) mass is 502 g/mol. The largest absolute Gasteiger partial charge is 0.480 e. The second-order valence-electron chi connectivity index (χ2n) is 8.74. The number of hydrogen-bond acceptors (Lipinski definition) is 9. The van der Waals surface area contributed by atoms with E-state index in [4.69, 9.17) is 0 Å². The second-order valence-corrected chi connectivity index (χ2v) is 8.74. The van der Waals surface area contributed by atoms with Crippen LogP contribution in [-0.4, -0.2) is 157 Å². The highest BCUT2D eigenvalue weighted by molar-refractivity contribution is 5.78. The average Bonchev–Trinajstić information content (AvgIpc) is 2.77. The molecule has 0 aromatic heterocycles. The van der Waals surface area contributed by atoms with Gasteiger partial charge < -0.3 is 26.0 Å². The summed E-state index contributed by atoms with van der Waals surface area (Å²) in [6.07, 6.45) is 1.87. The maximum Gasteiger partial charge on any atom is 0.317 e. The van der Waals surface area contributed by atoms with Gasteiger partial charge in [0.1, 0.15) is 0 Å². The third-order valence-electron chi connectivity index (χ3n) is 5.65. The average molecular weight is 503 g/mol. The van der Waals surface area contributed by atoms with Crippen molar-refractivity contribution in [1.82, 2.24) is 30.2 Å². The first kappa shape index (κ1) is 30.7. The lowest BCUT2D eigenvalue weighted by Gasteiger charge is -2.32. The fourth-order valence-electron chi connectivity index (χ4n) is 3.79. The highest BCUT2D eigenvalue weighted by Crippen LogP contribution is 2.01. The summed E-state index contributed by atoms with van der Waals surface area (Å²) in [5.74, 6) is -3.08. The number of amides is 1. The molecule has 0 radical (unpaired) electrons. The molecule has 13 nitrogen and oxygen atoms in total. The molecule has 35 heavy (non-hydrogen) atoms. The number of carbonyl (C=O) groups excluding carboxylic acids is 1. The molecule has 5 N–H and O–H groups in total. The van der Waals surface area contributed by atoms with Gasteiger partial charge >= 0.3 is 17.9 Å². The first-order valence-electron chi connectivity index (χ1n) is 12.2. The summed E-state index contributed by atoms with van der Waals surface area (Å²) < 4.78 is 0. The first-order chi connectivity index (χ1) is 16.7. The highest BCUT2D eigenvalue weighted by atomic mass is 16.4. The Morgan fingerprint density at radius 3 is 1.31 bits per heavy atom. The Morgan fingerprint density at radius 2 is 0.971 bits per heavy atom. The number of carbonyl (C=O) groups is 4. The van der Waals surface area contributed by atoms with Gasteiger partial charge in [-0.3, -0.25) is 38.8 Å². The molecule has 1 amide bonds. The second kappa shape index (κ2) is 18.0. The van der Waals surface area contributed by atoms with E-state index in [0.717, 1.165) is 25.9 Å². The standard InChI is InChI=1S/C22H42N6O7/c1-2-4-23-5-3-6-24-19(29)15-25-7-9-26(16-20(30)31)11-13-28(18-22(34)35)14-12-27(10-8-25)17-21(32)33/h23H,2-18H2,1H3,(H,24,29)(H,30,31)(H,32,33)(H,34,35). The molecule has 0 saturated carbocycles. The number of nitrogens with zero attached hydrogens (tertiary/aromatic N) is 4. The summed E-state index contributed by atoms with van der Waals surface area (Å²) in [4.78, 5) is 53.4. The summed E-state index contributed by atoms with van der Waals surface area (Å²) in [6, 6.07) is 0. The van der Waals surface area contributed by atoms with Crippen LogP contribution in [0, 0.1) is 0 Å². The van der Waals surface area contributed by atoms with E-state index in [-0.39, 0.29) is 32.1 Å². The van der Waals surface area contributed by atoms with E-state index in [9.17, 15) is 34.5 Å². The maximum absolute atomic E-state index is 12.5. The van der Waals surface area contributed by atoms with E-state index < -0.39 is 17.9 Å². The van der Waals surface area contributed by atoms with Crippen LogP contribution in [0.1, 0.15) is 19.8 Å². The molecule has 1 aliphatic heterocycles. The molecular weight excluding hydrogens is 460 g/mol. The molecule has 1 aliphatic rings. The third-order valence-corrected chi connectivity index (χ3v) is 5.65. The van der Waals surface area contributed by atoms with Gasteiger partial charge in [0.25, 0.3) is 0 Å². The molecule has 0 aliphatic carbocycles. The van der Waals surface area contributed by atoms with Gasteiger partial charge in [0.15, 0.2) is 0 Å². The predicted molar refractivity (Wildman–Crippen MR) is 129 cm³/mol. The minimum atomic E-state index is -0.995. The molecule has 0 aromatic rings. The number of aliphatic carboxylic acids is 3. The molecule has 0 bridgehead atoms. The quantitative estimate of drug-likeness (QED) is 0.166. The molecule has 1 fully saturated rings. The van der Waals surface area contributed by atoms with Crippen molar-refractivity contribution in [3.05, 3.63) is 0 Å². The fraction of sp³-hybridized carbons (Fsp3) is 0.818. The number of hydrogen-bond donors (Lipinski definition) is 5. The van der Waals surface area contributed by atoms with Crippen molar-refractivity contribution in [2.24, 2.45) is 0 Å². The Kier molecular flexibility index (Phi) is 15.8. The maximum atomic E-state index is 12.5. The van der Waals surface area contributed by atoms with Crippen molar-refractivity contribution in [3.63, 3.8) is 0 Å². The van der Waals surface area contributed by atoms with Gasteiger partial charge in [-0.05, 0) is 25.9 Å². The normalized spacial score (nSPS) is 17.9. The molecule has 13 heteroatoms. The zero-order chi connectivity index (χ0) is 26.1. The molecule has 1 saturated heterocycles. The number of nitrogens with one attached hydrogen (secondary N) is 2. The summed E-state index contributed by atoms with van der Waals surface area (Å²) >= 11 is 0. The van der Waals surface area contributed by atoms with E-state index in [0.29, 0.717) is 58.9 Å². The van der Waals surface area contributed by atoms with Gasteiger partial charge in [0, 0.05) is 58.9 Å². The smallest absolute Gasteiger partial charge is 0.317 e. The Balaban J connectivity index is 2.79. The number of rotatable bonds is 14. The van der Waals surface area contributed by atoms with Gasteiger partial charge in [-0.15, -0.1) is 0 Å². The molecule has 0 spiro atoms. The SMILES string of the molecule is CCCNCCCNC(=O)CN1CCN(CC(=O)O)CCN(CC(=O)O)CCN(CC(=O)O)CC1. The van der Waals surface area contributed by atoms with Gasteiger partial charge in [0.2, 0.25) is 5.91 Å². The van der Waals surface area contributed by atoms with E-state index in [1.165, 1.54) is 0 Å². The summed E-state index contributed by atoms with van der Waals surface area (Å²) in [6.45, 7) is 6.99. The van der Waals surface area contributed by atoms with Crippen LogP contribution in [0.5, 0.6) is 0 Å². The van der Waals surface area contributed by atoms with Crippen LogP contribution in [0.15, 0.2) is 0 Å². The van der Waals surface area contributed by atoms with E-state index in [1.807, 2.05) is 4.90 Å². The first-order valence-corrected chi connectivity index (χ1v) is 12.2. The van der Waals surface area contributed by atoms with Crippen LogP contribution in [0.2, 0.25) is 0 Å². The fourth-order valence-corrected chi connectivity index (χ4v) is 3.79. The van der Waals surface area contributed by atoms with E-state index in [1.54, 1.807) is 14.7 Å². The van der Waals surface area contributed by atoms with Crippen LogP contribution in [-0.2, 0) is 19.2 Å². The van der Waals surface area contributed by atoms with Crippen LogP contribution in [0.25, 0.3) is 0 Å². The minimum Gasteiger partial charge on any atom is -0.480 e. The lowest BCUT2D eigenvalue weighted by molar-refractivity contribution is -0.140. The van der Waals surface area contributed by atoms with Gasteiger partial charge in [0.05, 0.1) is 26.2 Å². The predicted octanol–water partition coefficient (Wildman–Crippen LogP) is -2.03. The minimum absolute atomic E-state index is 0.130. The van der Waals surface area contributed by atoms with Crippen LogP contribution in [0.3, 0.4) is 0 Å². The van der Waals surface area contributed by atoms with E-state index in [2.05, 4.69) is 17.6 Å². The lowest BCUT2D eigenvalue weighted by Crippen LogP contribution is -2.49. The van der Waals surface area contributed by atoms with Crippen molar-refractivity contribution < 1.29 is 34.5 Å². The molecule has 0 aromatic carbocycles. The summed E-state index contributed by atoms with van der Waals surface area (Å²) in [7, 11) is 0.